The Morgan fingerprint density at radius 3 is 2.04 bits per heavy atom. The van der Waals surface area contributed by atoms with Crippen molar-refractivity contribution in [2.45, 2.75) is 36.6 Å². The van der Waals surface area contributed by atoms with E-state index in [-0.39, 0.29) is 16.6 Å². The molecule has 0 saturated heterocycles. The van der Waals surface area contributed by atoms with Crippen molar-refractivity contribution in [3.8, 4) is 0 Å². The van der Waals surface area contributed by atoms with Crippen LogP contribution in [0.4, 0.5) is 14.5 Å². The van der Waals surface area contributed by atoms with Gasteiger partial charge < -0.3 is 5.32 Å². The molecule has 3 rings (SSSR count). The van der Waals surface area contributed by atoms with Gasteiger partial charge in [-0.2, -0.15) is 0 Å². The minimum Gasteiger partial charge on any atom is -0.352 e. The average Bonchev–Trinajstić information content (AvgIpc) is 3.14. The van der Waals surface area contributed by atoms with Crippen molar-refractivity contribution >= 4 is 21.6 Å². The van der Waals surface area contributed by atoms with Crippen molar-refractivity contribution in [1.29, 1.82) is 0 Å². The first-order valence-electron chi connectivity index (χ1n) is 8.69. The van der Waals surface area contributed by atoms with Gasteiger partial charge in [0, 0.05) is 6.04 Å². The van der Waals surface area contributed by atoms with Crippen molar-refractivity contribution in [2.75, 3.05) is 10.8 Å². The Labute approximate surface area is 157 Å². The van der Waals surface area contributed by atoms with Crippen molar-refractivity contribution in [3.63, 3.8) is 0 Å². The topological polar surface area (TPSA) is 66.5 Å². The zero-order chi connectivity index (χ0) is 19.4. The molecule has 1 saturated carbocycles. The molecule has 0 spiro atoms. The summed E-state index contributed by atoms with van der Waals surface area (Å²) in [7, 11) is -4.13. The molecule has 0 radical (unpaired) electrons. The Bertz CT molecular complexity index is 894. The predicted octanol–water partition coefficient (Wildman–Crippen LogP) is 3.22. The van der Waals surface area contributed by atoms with Crippen LogP contribution in [0.5, 0.6) is 0 Å². The number of rotatable bonds is 6. The zero-order valence-electron chi connectivity index (χ0n) is 14.6. The molecule has 0 aromatic heterocycles. The van der Waals surface area contributed by atoms with E-state index in [0.717, 1.165) is 66.4 Å². The third-order valence-electron chi connectivity index (χ3n) is 4.52. The highest BCUT2D eigenvalue weighted by Crippen LogP contribution is 2.24. The highest BCUT2D eigenvalue weighted by atomic mass is 32.2. The Kier molecular flexibility index (Phi) is 5.74. The maximum atomic E-state index is 13.3. The monoisotopic (exact) mass is 394 g/mol. The van der Waals surface area contributed by atoms with Gasteiger partial charge in [0.15, 0.2) is 0 Å². The number of sulfonamides is 1. The van der Waals surface area contributed by atoms with E-state index < -0.39 is 34.1 Å². The molecule has 5 nitrogen and oxygen atoms in total. The Morgan fingerprint density at radius 1 is 0.963 bits per heavy atom. The molecule has 2 aromatic carbocycles. The summed E-state index contributed by atoms with van der Waals surface area (Å²) < 4.78 is 53.4. The number of benzene rings is 2. The second kappa shape index (κ2) is 8.04. The fourth-order valence-electron chi connectivity index (χ4n) is 3.13. The lowest BCUT2D eigenvalue weighted by molar-refractivity contribution is -0.120. The van der Waals surface area contributed by atoms with Crippen LogP contribution in [0, 0.1) is 11.6 Å². The summed E-state index contributed by atoms with van der Waals surface area (Å²) in [6.07, 6.45) is 3.79. The molecule has 1 fully saturated rings. The van der Waals surface area contributed by atoms with Gasteiger partial charge in [0.2, 0.25) is 5.91 Å². The average molecular weight is 394 g/mol. The predicted molar refractivity (Wildman–Crippen MR) is 97.7 cm³/mol. The van der Waals surface area contributed by atoms with E-state index in [9.17, 15) is 22.0 Å². The maximum absolute atomic E-state index is 13.3. The summed E-state index contributed by atoms with van der Waals surface area (Å²) in [5.74, 6) is -1.52. The fourth-order valence-corrected chi connectivity index (χ4v) is 4.55. The molecule has 0 atom stereocenters. The van der Waals surface area contributed by atoms with Gasteiger partial charge in [-0.3, -0.25) is 9.10 Å². The van der Waals surface area contributed by atoms with Gasteiger partial charge in [-0.05, 0) is 61.4 Å². The molecule has 0 bridgehead atoms. The van der Waals surface area contributed by atoms with Crippen molar-refractivity contribution in [1.82, 2.24) is 5.32 Å². The highest BCUT2D eigenvalue weighted by Gasteiger charge is 2.28. The van der Waals surface area contributed by atoms with Crippen LogP contribution in [0.25, 0.3) is 0 Å². The SMILES string of the molecule is O=C(CN(c1ccc(F)cc1)S(=O)(=O)c1ccc(F)cc1)NC1CCCC1. The van der Waals surface area contributed by atoms with Crippen molar-refractivity contribution in [3.05, 3.63) is 60.2 Å². The molecule has 1 aliphatic carbocycles. The van der Waals surface area contributed by atoms with Crippen LogP contribution in [0.1, 0.15) is 25.7 Å². The molecule has 0 heterocycles. The lowest BCUT2D eigenvalue weighted by Gasteiger charge is -2.25. The first-order valence-corrected chi connectivity index (χ1v) is 10.1. The van der Waals surface area contributed by atoms with E-state index in [2.05, 4.69) is 5.32 Å². The first-order chi connectivity index (χ1) is 12.9. The lowest BCUT2D eigenvalue weighted by Crippen LogP contribution is -2.43. The number of carbonyl (C=O) groups excluding carboxylic acids is 1. The summed E-state index contributed by atoms with van der Waals surface area (Å²) >= 11 is 0. The molecule has 1 aliphatic rings. The van der Waals surface area contributed by atoms with Gasteiger partial charge in [0.1, 0.15) is 18.2 Å². The van der Waals surface area contributed by atoms with E-state index in [0.29, 0.717) is 0 Å². The number of halogens is 2. The molecule has 144 valence electrons. The summed E-state index contributed by atoms with van der Waals surface area (Å²) in [4.78, 5) is 12.3. The molecule has 0 unspecified atom stereocenters. The normalized spacial score (nSPS) is 14.9. The van der Waals surface area contributed by atoms with E-state index in [1.165, 1.54) is 12.1 Å². The molecule has 1 N–H and O–H groups in total. The number of hydrogen-bond donors (Lipinski definition) is 1. The zero-order valence-corrected chi connectivity index (χ0v) is 15.4. The van der Waals surface area contributed by atoms with E-state index in [4.69, 9.17) is 0 Å². The molecular formula is C19H20F2N2O3S. The number of nitrogens with one attached hydrogen (secondary N) is 1. The standard InChI is InChI=1S/C19H20F2N2O3S/c20-14-5-9-17(10-6-14)23(13-19(24)22-16-3-1-2-4-16)27(25,26)18-11-7-15(21)8-12-18/h5-12,16H,1-4,13H2,(H,22,24). The largest absolute Gasteiger partial charge is 0.352 e. The Morgan fingerprint density at radius 2 is 1.48 bits per heavy atom. The van der Waals surface area contributed by atoms with Crippen LogP contribution in [0.15, 0.2) is 53.4 Å². The van der Waals surface area contributed by atoms with Gasteiger partial charge >= 0.3 is 0 Å². The van der Waals surface area contributed by atoms with Gasteiger partial charge in [0.25, 0.3) is 10.0 Å². The summed E-state index contributed by atoms with van der Waals surface area (Å²) in [6, 6.07) is 9.21. The highest BCUT2D eigenvalue weighted by molar-refractivity contribution is 7.92. The number of carbonyl (C=O) groups is 1. The minimum atomic E-state index is -4.13. The minimum absolute atomic E-state index is 0.0427. The van der Waals surface area contributed by atoms with Crippen LogP contribution in [-0.4, -0.2) is 26.9 Å². The second-order valence-electron chi connectivity index (χ2n) is 6.49. The maximum Gasteiger partial charge on any atom is 0.264 e. The van der Waals surface area contributed by atoms with Crippen molar-refractivity contribution < 1.29 is 22.0 Å². The number of anilines is 1. The smallest absolute Gasteiger partial charge is 0.264 e. The lowest BCUT2D eigenvalue weighted by atomic mass is 10.2. The third-order valence-corrected chi connectivity index (χ3v) is 6.31. The Hall–Kier alpha value is -2.48. The summed E-state index contributed by atoms with van der Waals surface area (Å²) in [6.45, 7) is -0.443. The molecule has 27 heavy (non-hydrogen) atoms. The van der Waals surface area contributed by atoms with E-state index >= 15 is 0 Å². The van der Waals surface area contributed by atoms with Gasteiger partial charge in [-0.1, -0.05) is 12.8 Å². The van der Waals surface area contributed by atoms with Crippen LogP contribution in [0.2, 0.25) is 0 Å². The van der Waals surface area contributed by atoms with Gasteiger partial charge in [0.05, 0.1) is 10.6 Å². The fraction of sp³-hybridized carbons (Fsp3) is 0.316. The van der Waals surface area contributed by atoms with Gasteiger partial charge in [-0.25, -0.2) is 17.2 Å². The Balaban J connectivity index is 1.90. The quantitative estimate of drug-likeness (QED) is 0.818. The number of amides is 1. The molecular weight excluding hydrogens is 374 g/mol. The number of nitrogens with zero attached hydrogens (tertiary/aromatic N) is 1. The van der Waals surface area contributed by atoms with Crippen molar-refractivity contribution in [2.24, 2.45) is 0 Å². The van der Waals surface area contributed by atoms with Crippen LogP contribution in [-0.2, 0) is 14.8 Å². The molecule has 2 aromatic rings. The second-order valence-corrected chi connectivity index (χ2v) is 8.35. The van der Waals surface area contributed by atoms with E-state index in [1.54, 1.807) is 0 Å². The van der Waals surface area contributed by atoms with Crippen LogP contribution >= 0.6 is 0 Å². The first kappa shape index (κ1) is 19.3. The van der Waals surface area contributed by atoms with Gasteiger partial charge in [-0.15, -0.1) is 0 Å². The summed E-state index contributed by atoms with van der Waals surface area (Å²) in [5, 5.41) is 2.84. The third kappa shape index (κ3) is 4.63. The van der Waals surface area contributed by atoms with Crippen LogP contribution in [0.3, 0.4) is 0 Å². The van der Waals surface area contributed by atoms with Crippen LogP contribution < -0.4 is 9.62 Å². The summed E-state index contributed by atoms with van der Waals surface area (Å²) in [5.41, 5.74) is 0.155. The number of hydrogen-bond acceptors (Lipinski definition) is 3. The molecule has 1 amide bonds. The molecule has 8 heteroatoms. The molecule has 0 aliphatic heterocycles. The van der Waals surface area contributed by atoms with E-state index in [1.807, 2.05) is 0 Å².